The number of pyridine rings is 1. The monoisotopic (exact) mass is 494 g/mol. The van der Waals surface area contributed by atoms with Crippen molar-refractivity contribution in [3.63, 3.8) is 0 Å². The minimum Gasteiger partial charge on any atom is -0.368 e. The van der Waals surface area contributed by atoms with E-state index in [4.69, 9.17) is 5.73 Å². The van der Waals surface area contributed by atoms with Gasteiger partial charge in [-0.1, -0.05) is 30.3 Å². The van der Waals surface area contributed by atoms with Crippen LogP contribution in [0.5, 0.6) is 0 Å². The largest absolute Gasteiger partial charge is 0.368 e. The van der Waals surface area contributed by atoms with Gasteiger partial charge < -0.3 is 16.0 Å². The second-order valence-electron chi connectivity index (χ2n) is 7.59. The van der Waals surface area contributed by atoms with Gasteiger partial charge in [-0.25, -0.2) is 12.8 Å². The van der Waals surface area contributed by atoms with Gasteiger partial charge in [0.25, 0.3) is 15.9 Å². The number of carbonyl (C=O) groups is 2. The van der Waals surface area contributed by atoms with Crippen LogP contribution >= 0.6 is 0 Å². The second-order valence-corrected chi connectivity index (χ2v) is 9.27. The van der Waals surface area contributed by atoms with Crippen LogP contribution in [0.1, 0.15) is 22.0 Å². The predicted octanol–water partition coefficient (Wildman–Crippen LogP) is 2.42. The zero-order chi connectivity index (χ0) is 25.2. The molecule has 178 valence electrons. The third-order valence-corrected chi connectivity index (χ3v) is 6.54. The Balaban J connectivity index is 1.73. The molecule has 1 aromatic heterocycles. The molecule has 0 aliphatic carbocycles. The minimum atomic E-state index is -4.12. The molecular formula is C24H19FN4O5S. The number of rotatable bonds is 7. The SMILES string of the molecule is NC(=O)C(NC(=O)c1cc(=O)[nH]c2ccc(S(=O)(=O)Nc3ccc(F)cc3)cc12)c1ccccc1. The molecule has 0 aliphatic rings. The number of aromatic amines is 1. The Hall–Kier alpha value is -4.51. The molecule has 0 aliphatic heterocycles. The summed E-state index contributed by atoms with van der Waals surface area (Å²) >= 11 is 0. The molecule has 4 aromatic rings. The highest BCUT2D eigenvalue weighted by Gasteiger charge is 2.23. The van der Waals surface area contributed by atoms with Gasteiger partial charge in [0.1, 0.15) is 11.9 Å². The number of fused-ring (bicyclic) bond motifs is 1. The topological polar surface area (TPSA) is 151 Å². The van der Waals surface area contributed by atoms with Gasteiger partial charge in [-0.05, 0) is 48.0 Å². The number of H-pyrrole nitrogens is 1. The lowest BCUT2D eigenvalue weighted by Gasteiger charge is -2.17. The molecular weight excluding hydrogens is 475 g/mol. The van der Waals surface area contributed by atoms with Crippen molar-refractivity contribution in [2.45, 2.75) is 10.9 Å². The van der Waals surface area contributed by atoms with E-state index in [1.54, 1.807) is 30.3 Å². The van der Waals surface area contributed by atoms with E-state index in [0.29, 0.717) is 5.56 Å². The van der Waals surface area contributed by atoms with Crippen LogP contribution in [0.4, 0.5) is 10.1 Å². The van der Waals surface area contributed by atoms with Gasteiger partial charge in [0.2, 0.25) is 11.5 Å². The number of amides is 2. The predicted molar refractivity (Wildman–Crippen MR) is 128 cm³/mol. The van der Waals surface area contributed by atoms with Crippen LogP contribution in [-0.4, -0.2) is 25.2 Å². The van der Waals surface area contributed by atoms with Crippen LogP contribution < -0.4 is 21.3 Å². The molecule has 35 heavy (non-hydrogen) atoms. The van der Waals surface area contributed by atoms with Gasteiger partial charge in [0.15, 0.2) is 0 Å². The maximum Gasteiger partial charge on any atom is 0.261 e. The maximum atomic E-state index is 13.1. The van der Waals surface area contributed by atoms with Crippen molar-refractivity contribution in [3.8, 4) is 0 Å². The van der Waals surface area contributed by atoms with Crippen molar-refractivity contribution in [1.29, 1.82) is 0 Å². The van der Waals surface area contributed by atoms with Gasteiger partial charge >= 0.3 is 0 Å². The van der Waals surface area contributed by atoms with Crippen LogP contribution in [0.3, 0.4) is 0 Å². The molecule has 1 atom stereocenters. The molecule has 9 nitrogen and oxygen atoms in total. The number of primary amides is 1. The molecule has 0 fully saturated rings. The summed E-state index contributed by atoms with van der Waals surface area (Å²) in [6, 6.07) is 16.7. The second kappa shape index (κ2) is 9.39. The molecule has 1 heterocycles. The normalized spacial score (nSPS) is 12.1. The number of sulfonamides is 1. The first kappa shape index (κ1) is 23.6. The quantitative estimate of drug-likeness (QED) is 0.311. The lowest BCUT2D eigenvalue weighted by atomic mass is 10.0. The highest BCUT2D eigenvalue weighted by atomic mass is 32.2. The van der Waals surface area contributed by atoms with Gasteiger partial charge in [-0.3, -0.25) is 19.1 Å². The van der Waals surface area contributed by atoms with E-state index in [9.17, 15) is 27.2 Å². The molecule has 5 N–H and O–H groups in total. The minimum absolute atomic E-state index is 0.125. The Morgan fingerprint density at radius 3 is 2.29 bits per heavy atom. The molecule has 2 amide bonds. The zero-order valence-electron chi connectivity index (χ0n) is 18.0. The molecule has 0 bridgehead atoms. The summed E-state index contributed by atoms with van der Waals surface area (Å²) in [6.07, 6.45) is 0. The van der Waals surface area contributed by atoms with Crippen molar-refractivity contribution in [3.05, 3.63) is 106 Å². The Labute approximate surface area is 198 Å². The average Bonchev–Trinajstić information content (AvgIpc) is 2.83. The summed E-state index contributed by atoms with van der Waals surface area (Å²) in [6.45, 7) is 0. The zero-order valence-corrected chi connectivity index (χ0v) is 18.8. The summed E-state index contributed by atoms with van der Waals surface area (Å²) in [7, 11) is -4.12. The van der Waals surface area contributed by atoms with Crippen LogP contribution in [0, 0.1) is 5.82 Å². The fraction of sp³-hybridized carbons (Fsp3) is 0.0417. The van der Waals surface area contributed by atoms with Crippen LogP contribution in [0.15, 0.2) is 88.6 Å². The average molecular weight is 495 g/mol. The van der Waals surface area contributed by atoms with Gasteiger partial charge in [0.05, 0.1) is 10.5 Å². The van der Waals surface area contributed by atoms with Crippen LogP contribution in [0.25, 0.3) is 10.9 Å². The molecule has 0 radical (unpaired) electrons. The van der Waals surface area contributed by atoms with E-state index < -0.39 is 39.3 Å². The Kier molecular flexibility index (Phi) is 6.34. The summed E-state index contributed by atoms with van der Waals surface area (Å²) < 4.78 is 41.3. The van der Waals surface area contributed by atoms with Crippen LogP contribution in [0.2, 0.25) is 0 Å². The molecule has 1 unspecified atom stereocenters. The highest BCUT2D eigenvalue weighted by Crippen LogP contribution is 2.23. The van der Waals surface area contributed by atoms with Crippen LogP contribution in [-0.2, 0) is 14.8 Å². The fourth-order valence-corrected chi connectivity index (χ4v) is 4.58. The molecule has 0 saturated carbocycles. The van der Waals surface area contributed by atoms with Crippen molar-refractivity contribution < 1.29 is 22.4 Å². The third-order valence-electron chi connectivity index (χ3n) is 5.16. The van der Waals surface area contributed by atoms with Crippen molar-refractivity contribution >= 4 is 38.4 Å². The number of halogens is 1. The first-order chi connectivity index (χ1) is 16.6. The van der Waals surface area contributed by atoms with Gasteiger partial charge in [-0.15, -0.1) is 0 Å². The van der Waals surface area contributed by atoms with E-state index >= 15 is 0 Å². The number of aromatic nitrogens is 1. The number of anilines is 1. The van der Waals surface area contributed by atoms with Gasteiger partial charge in [0, 0.05) is 22.7 Å². The van der Waals surface area contributed by atoms with Crippen molar-refractivity contribution in [2.75, 3.05) is 4.72 Å². The standard InChI is InChI=1S/C24H19FN4O5S/c25-15-6-8-16(9-7-15)29-35(33,34)17-10-11-20-18(12-17)19(13-21(30)27-20)24(32)28-22(23(26)31)14-4-2-1-3-5-14/h1-13,22,29H,(H2,26,31)(H,27,30)(H,28,32). The lowest BCUT2D eigenvalue weighted by molar-refractivity contribution is -0.120. The number of nitrogens with one attached hydrogen (secondary N) is 3. The number of nitrogens with two attached hydrogens (primary N) is 1. The summed E-state index contributed by atoms with van der Waals surface area (Å²) in [5.41, 5.74) is 5.50. The molecule has 0 spiro atoms. The lowest BCUT2D eigenvalue weighted by Crippen LogP contribution is -2.37. The van der Waals surface area contributed by atoms with E-state index in [1.165, 1.54) is 30.3 Å². The molecule has 4 rings (SSSR count). The van der Waals surface area contributed by atoms with E-state index in [1.807, 2.05) is 0 Å². The van der Waals surface area contributed by atoms with E-state index in [0.717, 1.165) is 18.2 Å². The maximum absolute atomic E-state index is 13.1. The first-order valence-electron chi connectivity index (χ1n) is 10.2. The fourth-order valence-electron chi connectivity index (χ4n) is 3.49. The summed E-state index contributed by atoms with van der Waals surface area (Å²) in [4.78, 5) is 39.6. The molecule has 3 aromatic carbocycles. The number of hydrogen-bond acceptors (Lipinski definition) is 5. The van der Waals surface area contributed by atoms with E-state index in [-0.39, 0.29) is 27.0 Å². The summed E-state index contributed by atoms with van der Waals surface area (Å²) in [5.74, 6) is -2.14. The van der Waals surface area contributed by atoms with Crippen molar-refractivity contribution in [2.24, 2.45) is 5.73 Å². The Morgan fingerprint density at radius 1 is 0.943 bits per heavy atom. The smallest absolute Gasteiger partial charge is 0.261 e. The Bertz CT molecular complexity index is 1590. The third kappa shape index (κ3) is 5.20. The summed E-state index contributed by atoms with van der Waals surface area (Å²) in [5, 5.41) is 2.63. The molecule has 11 heteroatoms. The van der Waals surface area contributed by atoms with Crippen molar-refractivity contribution in [1.82, 2.24) is 10.3 Å². The number of carbonyl (C=O) groups excluding carboxylic acids is 2. The highest BCUT2D eigenvalue weighted by molar-refractivity contribution is 7.92. The Morgan fingerprint density at radius 2 is 1.63 bits per heavy atom. The molecule has 0 saturated heterocycles. The number of benzene rings is 3. The van der Waals surface area contributed by atoms with Gasteiger partial charge in [-0.2, -0.15) is 0 Å². The first-order valence-corrected chi connectivity index (χ1v) is 11.7. The number of hydrogen-bond donors (Lipinski definition) is 4. The van der Waals surface area contributed by atoms with E-state index in [2.05, 4.69) is 15.0 Å².